The van der Waals surface area contributed by atoms with Crippen LogP contribution in [0.4, 0.5) is 0 Å². The van der Waals surface area contributed by atoms with Crippen LogP contribution in [0.25, 0.3) is 0 Å². The lowest BCUT2D eigenvalue weighted by Gasteiger charge is -2.64. The molecule has 448 valence electrons. The average Bonchev–Trinajstić information content (AvgIpc) is 3.83. The summed E-state index contributed by atoms with van der Waals surface area (Å²) in [6, 6.07) is 0. The van der Waals surface area contributed by atoms with Crippen LogP contribution < -0.4 is 0 Å². The molecule has 0 aromatic heterocycles. The Morgan fingerprint density at radius 3 is 1.44 bits per heavy atom. The van der Waals surface area contributed by atoms with E-state index < -0.39 is 215 Å². The number of fused-ring (bicyclic) bond motifs is 3. The molecule has 0 aromatic rings. The smallest absolute Gasteiger partial charge is 0.314 e. The first-order valence-corrected chi connectivity index (χ1v) is 26.9. The maximum Gasteiger partial charge on any atom is 0.314 e. The summed E-state index contributed by atoms with van der Waals surface area (Å²) >= 11 is 0. The van der Waals surface area contributed by atoms with Crippen molar-refractivity contribution in [2.45, 2.75) is 225 Å². The third kappa shape index (κ3) is 10.5. The van der Waals surface area contributed by atoms with Gasteiger partial charge in [-0.25, -0.2) is 0 Å². The third-order valence-corrected chi connectivity index (χ3v) is 19.1. The Hall–Kier alpha value is -1.83. The number of aliphatic hydroxyl groups is 17. The maximum absolute atomic E-state index is 15.0. The molecule has 5 saturated heterocycles. The van der Waals surface area contributed by atoms with E-state index in [1.54, 1.807) is 6.92 Å². The van der Waals surface area contributed by atoms with E-state index in [-0.39, 0.29) is 17.3 Å². The number of hydrogen-bond donors (Lipinski definition) is 17. The highest BCUT2D eigenvalue weighted by Crippen LogP contribution is 2.72. The summed E-state index contributed by atoms with van der Waals surface area (Å²) in [5.74, 6) is -1.71. The third-order valence-electron chi connectivity index (χ3n) is 19.1. The Labute approximate surface area is 448 Å². The molecule has 1 spiro atoms. The van der Waals surface area contributed by atoms with E-state index in [1.807, 2.05) is 0 Å². The molecular weight excluding hydrogens is 1050 g/mol. The van der Waals surface area contributed by atoms with Crippen molar-refractivity contribution in [3.63, 3.8) is 0 Å². The number of carbonyl (C=O) groups is 1. The minimum atomic E-state index is -2.00. The molecule has 4 aliphatic carbocycles. The molecule has 0 aromatic carbocycles. The predicted octanol–water partition coefficient (Wildman–Crippen LogP) is -7.43. The molecule has 0 radical (unpaired) electrons. The zero-order chi connectivity index (χ0) is 56.7. The van der Waals surface area contributed by atoms with E-state index in [4.69, 9.17) is 47.4 Å². The van der Waals surface area contributed by atoms with Gasteiger partial charge < -0.3 is 134 Å². The summed E-state index contributed by atoms with van der Waals surface area (Å²) in [4.78, 5) is 15.0. The summed E-state index contributed by atoms with van der Waals surface area (Å²) < 4.78 is 60.3. The molecule has 0 amide bonds. The number of ether oxygens (including phenoxy) is 10. The molecule has 2 bridgehead atoms. The van der Waals surface area contributed by atoms with Crippen LogP contribution in [-0.2, 0) is 52.2 Å². The van der Waals surface area contributed by atoms with Crippen molar-refractivity contribution in [3.05, 3.63) is 12.2 Å². The molecule has 0 unspecified atom stereocenters. The Bertz CT molecular complexity index is 2060. The van der Waals surface area contributed by atoms with Crippen LogP contribution in [0.5, 0.6) is 0 Å². The first-order chi connectivity index (χ1) is 36.9. The quantitative estimate of drug-likeness (QED) is 0.0411. The number of aliphatic hydroxyl groups excluding tert-OH is 17. The molecule has 9 aliphatic rings. The van der Waals surface area contributed by atoms with E-state index in [0.29, 0.717) is 51.4 Å². The SMILES string of the molecule is C=C1C[C@@]23CC[C@H]4[C@@](C)(CCC[C@@]4(C)C(=O)O[C@@H]4O[C@H](CO)[C@@H](O)[C@H](O)[C@H]4O[C@@H]4O[C@H](CO)[C@@H](O)[C@H](O)[C@H]4O)[C@@H]2C[C@H](O[C@@H]2O[C@H](CO)[C@@H](O)[C@H](O[C@@H]4O[C@H](CO)[C@@H](O)[C@H](O)[C@H]4O)[C@H]2O[C@@H]2O[C@H](CO)[C@@H](O)[C@H](O)[C@H]2O)[C@@H]1C3. The molecule has 32 atom stereocenters. The molecular formula is C50H80O28. The second-order valence-electron chi connectivity index (χ2n) is 23.6. The van der Waals surface area contributed by atoms with Crippen LogP contribution in [0.1, 0.15) is 65.2 Å². The summed E-state index contributed by atoms with van der Waals surface area (Å²) in [5.41, 5.74) is -1.40. The van der Waals surface area contributed by atoms with Crippen LogP contribution in [0.3, 0.4) is 0 Å². The van der Waals surface area contributed by atoms with E-state index in [9.17, 15) is 86.8 Å². The van der Waals surface area contributed by atoms with Gasteiger partial charge in [-0.15, -0.1) is 0 Å². The van der Waals surface area contributed by atoms with Crippen LogP contribution >= 0.6 is 0 Å². The van der Waals surface area contributed by atoms with Crippen molar-refractivity contribution in [1.29, 1.82) is 0 Å². The largest absolute Gasteiger partial charge is 0.432 e. The van der Waals surface area contributed by atoms with Gasteiger partial charge in [0.2, 0.25) is 6.29 Å². The first-order valence-electron chi connectivity index (χ1n) is 26.9. The second-order valence-corrected chi connectivity index (χ2v) is 23.6. The lowest BCUT2D eigenvalue weighted by Crippen LogP contribution is -2.67. The van der Waals surface area contributed by atoms with Crippen molar-refractivity contribution in [2.75, 3.05) is 33.0 Å². The molecule has 28 heteroatoms. The van der Waals surface area contributed by atoms with E-state index in [2.05, 4.69) is 13.5 Å². The van der Waals surface area contributed by atoms with Crippen molar-refractivity contribution in [3.8, 4) is 0 Å². The fourth-order valence-corrected chi connectivity index (χ4v) is 14.8. The Morgan fingerprint density at radius 2 is 0.936 bits per heavy atom. The van der Waals surface area contributed by atoms with E-state index in [1.165, 1.54) is 0 Å². The number of esters is 1. The van der Waals surface area contributed by atoms with Gasteiger partial charge in [-0.05, 0) is 74.5 Å². The van der Waals surface area contributed by atoms with Gasteiger partial charge in [0.25, 0.3) is 0 Å². The predicted molar refractivity (Wildman–Crippen MR) is 252 cm³/mol. The van der Waals surface area contributed by atoms with E-state index in [0.717, 1.165) is 5.57 Å². The second kappa shape index (κ2) is 23.7. The molecule has 9 fully saturated rings. The summed E-state index contributed by atoms with van der Waals surface area (Å²) in [6.45, 7) is 4.18. The zero-order valence-corrected chi connectivity index (χ0v) is 43.2. The van der Waals surface area contributed by atoms with Crippen molar-refractivity contribution >= 4 is 5.97 Å². The zero-order valence-electron chi connectivity index (χ0n) is 43.2. The standard InChI is InChI=1S/C50H80O28/c1-17-10-50-8-5-25-48(2,6-4-7-49(25,3)47(68)78-45-40(35(64)30(59)23(15-54)73-45)76-43-37(66)33(62)28(57)21(13-52)71-43)26(50)9-19(18(17)11-50)69-46-41(77-44-38(67)34(63)29(58)22(14-53)72-44)39(31(60)24(16-55)74-46)75-42-36(65)32(61)27(56)20(12-51)70-42/h18-46,51-67H,1,4-16H2,2-3H3/t18-,19+,20-,21-,22-,23-,24-,25+,26+,27-,28-,29-,30-,31-,32+,33+,34+,35+,36-,37-,38-,39+,40-,41-,42+,43+,44+,45+,46-,48-,49-,50-/m1/s1. The number of carbonyl (C=O) groups excluding carboxylic acids is 1. The average molecular weight is 1130 g/mol. The van der Waals surface area contributed by atoms with Crippen molar-refractivity contribution in [1.82, 2.24) is 0 Å². The van der Waals surface area contributed by atoms with Gasteiger partial charge in [0.1, 0.15) is 116 Å². The topological polar surface area (TPSA) is 453 Å². The van der Waals surface area contributed by atoms with Crippen molar-refractivity contribution in [2.24, 2.45) is 34.0 Å². The molecule has 78 heavy (non-hydrogen) atoms. The lowest BCUT2D eigenvalue weighted by molar-refractivity contribution is -0.397. The Balaban J connectivity index is 0.996. The Morgan fingerprint density at radius 1 is 0.500 bits per heavy atom. The highest BCUT2D eigenvalue weighted by molar-refractivity contribution is 5.77. The van der Waals surface area contributed by atoms with Crippen molar-refractivity contribution < 1.29 is 139 Å². The molecule has 9 rings (SSSR count). The first kappa shape index (κ1) is 60.8. The van der Waals surface area contributed by atoms with E-state index >= 15 is 4.79 Å². The number of rotatable bonds is 15. The summed E-state index contributed by atoms with van der Waals surface area (Å²) in [6.07, 6.45) is -41.2. The van der Waals surface area contributed by atoms with Gasteiger partial charge in [-0.1, -0.05) is 25.5 Å². The Kier molecular flexibility index (Phi) is 18.4. The minimum Gasteiger partial charge on any atom is -0.432 e. The fraction of sp³-hybridized carbons (Fsp3) is 0.940. The van der Waals surface area contributed by atoms with Gasteiger partial charge >= 0.3 is 5.97 Å². The highest BCUT2D eigenvalue weighted by Gasteiger charge is 2.68. The molecule has 5 aliphatic heterocycles. The number of hydrogen-bond acceptors (Lipinski definition) is 28. The highest BCUT2D eigenvalue weighted by atomic mass is 16.8. The monoisotopic (exact) mass is 1130 g/mol. The molecule has 28 nitrogen and oxygen atoms in total. The van der Waals surface area contributed by atoms with Gasteiger partial charge in [0.15, 0.2) is 31.3 Å². The fourth-order valence-electron chi connectivity index (χ4n) is 14.8. The van der Waals surface area contributed by atoms with Gasteiger partial charge in [-0.3, -0.25) is 4.79 Å². The molecule has 4 saturated carbocycles. The van der Waals surface area contributed by atoms with Crippen LogP contribution in [0.15, 0.2) is 12.2 Å². The van der Waals surface area contributed by atoms with Gasteiger partial charge in [-0.2, -0.15) is 0 Å². The normalized spacial score (nSPS) is 54.5. The van der Waals surface area contributed by atoms with Gasteiger partial charge in [0, 0.05) is 5.92 Å². The molecule has 5 heterocycles. The summed E-state index contributed by atoms with van der Waals surface area (Å²) in [7, 11) is 0. The summed E-state index contributed by atoms with van der Waals surface area (Å²) in [5, 5.41) is 181. The van der Waals surface area contributed by atoms with Crippen LogP contribution in [-0.4, -0.2) is 285 Å². The van der Waals surface area contributed by atoms with Crippen LogP contribution in [0, 0.1) is 34.0 Å². The maximum atomic E-state index is 15.0. The molecule has 17 N–H and O–H groups in total. The van der Waals surface area contributed by atoms with Gasteiger partial charge in [0.05, 0.1) is 44.6 Å². The minimum absolute atomic E-state index is 0.214. The lowest BCUT2D eigenvalue weighted by atomic mass is 9.41. The van der Waals surface area contributed by atoms with Crippen LogP contribution in [0.2, 0.25) is 0 Å².